The van der Waals surface area contributed by atoms with Gasteiger partial charge in [0, 0.05) is 6.54 Å². The lowest BCUT2D eigenvalue weighted by Gasteiger charge is -2.33. The highest BCUT2D eigenvalue weighted by molar-refractivity contribution is 6.06. The zero-order chi connectivity index (χ0) is 22.6. The third-order valence-electron chi connectivity index (χ3n) is 5.22. The summed E-state index contributed by atoms with van der Waals surface area (Å²) in [7, 11) is 0. The molecule has 1 saturated heterocycles. The molecule has 9 nitrogen and oxygen atoms in total. The summed E-state index contributed by atoms with van der Waals surface area (Å²) in [5.41, 5.74) is 1.34. The average Bonchev–Trinajstić information content (AvgIpc) is 2.97. The van der Waals surface area contributed by atoms with Gasteiger partial charge in [-0.15, -0.1) is 0 Å². The summed E-state index contributed by atoms with van der Waals surface area (Å²) in [5.74, 6) is 0.0501. The molecule has 1 aliphatic heterocycles. The zero-order valence-corrected chi connectivity index (χ0v) is 17.1. The molecule has 0 radical (unpaired) electrons. The van der Waals surface area contributed by atoms with Gasteiger partial charge in [-0.3, -0.25) is 20.1 Å². The van der Waals surface area contributed by atoms with E-state index in [0.29, 0.717) is 16.4 Å². The number of hydrogen-bond acceptors (Lipinski definition) is 6. The summed E-state index contributed by atoms with van der Waals surface area (Å²) >= 11 is 0. The van der Waals surface area contributed by atoms with E-state index >= 15 is 0 Å². The molecule has 3 rings (SSSR count). The maximum absolute atomic E-state index is 12.1. The number of benzene rings is 2. The molecule has 1 unspecified atom stereocenters. The largest absolute Gasteiger partial charge is 0.491 e. The van der Waals surface area contributed by atoms with Gasteiger partial charge in [0.25, 0.3) is 5.91 Å². The smallest absolute Gasteiger partial charge is 0.325 e. The highest BCUT2D eigenvalue weighted by Crippen LogP contribution is 2.24. The molecule has 160 valence electrons. The second-order valence-corrected chi connectivity index (χ2v) is 7.59. The first-order valence-corrected chi connectivity index (χ1v) is 9.55. The Kier molecular flexibility index (Phi) is 6.22. The van der Waals surface area contributed by atoms with Gasteiger partial charge in [-0.2, -0.15) is 5.26 Å². The van der Waals surface area contributed by atoms with Crippen LogP contribution in [-0.2, 0) is 9.59 Å². The van der Waals surface area contributed by atoms with Gasteiger partial charge < -0.3 is 9.64 Å². The van der Waals surface area contributed by atoms with Gasteiger partial charge in [-0.05, 0) is 49.2 Å². The summed E-state index contributed by atoms with van der Waals surface area (Å²) in [6.07, 6.45) is 0.227. The van der Waals surface area contributed by atoms with E-state index in [0.717, 1.165) is 11.1 Å². The molecule has 2 aromatic rings. The van der Waals surface area contributed by atoms with Crippen molar-refractivity contribution in [2.45, 2.75) is 25.4 Å². The van der Waals surface area contributed by atoms with Crippen LogP contribution in [0.15, 0.2) is 48.5 Å². The first-order valence-electron chi connectivity index (χ1n) is 9.55. The van der Waals surface area contributed by atoms with Crippen LogP contribution < -0.4 is 10.1 Å². The van der Waals surface area contributed by atoms with Crippen molar-refractivity contribution in [3.63, 3.8) is 0 Å². The van der Waals surface area contributed by atoms with Crippen molar-refractivity contribution >= 4 is 18.3 Å². The number of carbonyl (C=O) groups excluding carboxylic acids is 3. The second-order valence-electron chi connectivity index (χ2n) is 7.59. The van der Waals surface area contributed by atoms with Crippen molar-refractivity contribution < 1.29 is 24.3 Å². The third-order valence-corrected chi connectivity index (χ3v) is 5.22. The SMILES string of the molecule is CC1(C)C(=O)NC(=O)N1CC(COc1ccc(-c2ccc(C#N)cc2)cc1)N(O)C=O. The molecule has 1 heterocycles. The molecule has 0 spiro atoms. The Labute approximate surface area is 179 Å². The number of ether oxygens (including phenoxy) is 1. The molecular formula is C22H22N4O5. The number of nitrogens with one attached hydrogen (secondary N) is 1. The van der Waals surface area contributed by atoms with Crippen LogP contribution >= 0.6 is 0 Å². The summed E-state index contributed by atoms with van der Waals surface area (Å²) in [4.78, 5) is 36.4. The molecule has 0 bridgehead atoms. The summed E-state index contributed by atoms with van der Waals surface area (Å²) in [5, 5.41) is 21.5. The molecular weight excluding hydrogens is 400 g/mol. The van der Waals surface area contributed by atoms with E-state index in [9.17, 15) is 19.6 Å². The Morgan fingerprint density at radius 1 is 1.16 bits per heavy atom. The van der Waals surface area contributed by atoms with E-state index < -0.39 is 23.5 Å². The fourth-order valence-corrected chi connectivity index (χ4v) is 3.19. The zero-order valence-electron chi connectivity index (χ0n) is 17.1. The van der Waals surface area contributed by atoms with Crippen LogP contribution in [0, 0.1) is 11.3 Å². The minimum atomic E-state index is -1.11. The number of hydrogen-bond donors (Lipinski definition) is 2. The predicted molar refractivity (Wildman–Crippen MR) is 110 cm³/mol. The highest BCUT2D eigenvalue weighted by Gasteiger charge is 2.46. The first-order chi connectivity index (χ1) is 14.8. The van der Waals surface area contributed by atoms with Gasteiger partial charge in [0.05, 0.1) is 11.6 Å². The Morgan fingerprint density at radius 2 is 1.74 bits per heavy atom. The maximum Gasteiger partial charge on any atom is 0.325 e. The van der Waals surface area contributed by atoms with Gasteiger partial charge in [0.2, 0.25) is 6.41 Å². The highest BCUT2D eigenvalue weighted by atomic mass is 16.5. The van der Waals surface area contributed by atoms with Crippen molar-refractivity contribution in [1.82, 2.24) is 15.3 Å². The van der Waals surface area contributed by atoms with Crippen LogP contribution in [-0.4, -0.2) is 58.3 Å². The van der Waals surface area contributed by atoms with Crippen LogP contribution in [0.2, 0.25) is 0 Å². The molecule has 0 aromatic heterocycles. The summed E-state index contributed by atoms with van der Waals surface area (Å²) in [6, 6.07) is 14.9. The predicted octanol–water partition coefficient (Wildman–Crippen LogP) is 2.15. The lowest BCUT2D eigenvalue weighted by molar-refractivity contribution is -0.165. The number of nitrogens with zero attached hydrogens (tertiary/aromatic N) is 3. The Hall–Kier alpha value is -3.90. The van der Waals surface area contributed by atoms with Crippen molar-refractivity contribution in [1.29, 1.82) is 5.26 Å². The van der Waals surface area contributed by atoms with E-state index in [-0.39, 0.29) is 19.6 Å². The number of nitriles is 1. The van der Waals surface area contributed by atoms with Crippen molar-refractivity contribution in [2.75, 3.05) is 13.2 Å². The van der Waals surface area contributed by atoms with Gasteiger partial charge in [0.1, 0.15) is 23.9 Å². The van der Waals surface area contributed by atoms with E-state index in [1.165, 1.54) is 4.90 Å². The van der Waals surface area contributed by atoms with E-state index in [1.807, 2.05) is 24.3 Å². The number of rotatable bonds is 8. The molecule has 1 atom stereocenters. The van der Waals surface area contributed by atoms with Gasteiger partial charge in [-0.25, -0.2) is 9.86 Å². The Balaban J connectivity index is 1.67. The van der Waals surface area contributed by atoms with Crippen LogP contribution in [0.4, 0.5) is 4.79 Å². The molecule has 4 amide bonds. The van der Waals surface area contributed by atoms with Crippen molar-refractivity contribution in [2.24, 2.45) is 0 Å². The molecule has 0 aliphatic carbocycles. The molecule has 1 aliphatic rings. The van der Waals surface area contributed by atoms with Crippen LogP contribution in [0.5, 0.6) is 5.75 Å². The standard InChI is InChI=1S/C22H22N4O5/c1-22(2)20(28)24-21(29)25(22)12-18(26(30)14-27)13-31-19-9-7-17(8-10-19)16-5-3-15(11-23)4-6-16/h3-10,14,18,30H,12-13H2,1-2H3,(H,24,28,29). The summed E-state index contributed by atoms with van der Waals surface area (Å²) < 4.78 is 5.71. The summed E-state index contributed by atoms with van der Waals surface area (Å²) in [6.45, 7) is 2.97. The fourth-order valence-electron chi connectivity index (χ4n) is 3.19. The fraction of sp³-hybridized carbons (Fsp3) is 0.273. The average molecular weight is 422 g/mol. The molecule has 2 aromatic carbocycles. The third kappa shape index (κ3) is 4.65. The quantitative estimate of drug-likeness (QED) is 0.291. The molecule has 0 saturated carbocycles. The number of hydroxylamine groups is 2. The van der Waals surface area contributed by atoms with Gasteiger partial charge >= 0.3 is 6.03 Å². The number of carbonyl (C=O) groups is 3. The monoisotopic (exact) mass is 422 g/mol. The van der Waals surface area contributed by atoms with Crippen LogP contribution in [0.3, 0.4) is 0 Å². The minimum absolute atomic E-state index is 0.0941. The Bertz CT molecular complexity index is 1010. The van der Waals surface area contributed by atoms with Crippen LogP contribution in [0.1, 0.15) is 19.4 Å². The minimum Gasteiger partial charge on any atom is -0.491 e. The lowest BCUT2D eigenvalue weighted by atomic mass is 10.0. The number of amides is 4. The van der Waals surface area contributed by atoms with E-state index in [1.54, 1.807) is 38.1 Å². The topological polar surface area (TPSA) is 123 Å². The van der Waals surface area contributed by atoms with Crippen molar-refractivity contribution in [3.8, 4) is 22.9 Å². The number of imide groups is 1. The molecule has 1 fully saturated rings. The van der Waals surface area contributed by atoms with E-state index in [2.05, 4.69) is 11.4 Å². The lowest BCUT2D eigenvalue weighted by Crippen LogP contribution is -2.52. The molecule has 31 heavy (non-hydrogen) atoms. The normalized spacial score (nSPS) is 15.7. The van der Waals surface area contributed by atoms with E-state index in [4.69, 9.17) is 10.00 Å². The molecule has 2 N–H and O–H groups in total. The second kappa shape index (κ2) is 8.85. The number of urea groups is 1. The van der Waals surface area contributed by atoms with Crippen LogP contribution in [0.25, 0.3) is 11.1 Å². The van der Waals surface area contributed by atoms with Gasteiger partial charge in [0.15, 0.2) is 0 Å². The van der Waals surface area contributed by atoms with Crippen molar-refractivity contribution in [3.05, 3.63) is 54.1 Å². The Morgan fingerprint density at radius 3 is 2.23 bits per heavy atom. The molecule has 9 heteroatoms. The first kappa shape index (κ1) is 21.8. The van der Waals surface area contributed by atoms with Gasteiger partial charge in [-0.1, -0.05) is 24.3 Å². The maximum atomic E-state index is 12.1.